The normalized spacial score (nSPS) is 13.2. The number of hydrogen-bond acceptors (Lipinski definition) is 3. The number of rotatable bonds is 8. The lowest BCUT2D eigenvalue weighted by atomic mass is 10.2. The van der Waals surface area contributed by atoms with Gasteiger partial charge in [0, 0.05) is 24.5 Å². The largest absolute Gasteiger partial charge is 0.337 e. The minimum absolute atomic E-state index is 0.694. The van der Waals surface area contributed by atoms with E-state index in [4.69, 9.17) is 0 Å². The van der Waals surface area contributed by atoms with Crippen LogP contribution >= 0.6 is 11.8 Å². The first-order valence-corrected chi connectivity index (χ1v) is 7.64. The first kappa shape index (κ1) is 14.6. The topological polar surface area (TPSA) is 29.9 Å². The molecule has 0 radical (unpaired) electrons. The number of nitrogens with zero attached hydrogens (tertiary/aromatic N) is 2. The summed E-state index contributed by atoms with van der Waals surface area (Å²) in [6.45, 7) is 9.70. The average Bonchev–Trinajstić information content (AvgIpc) is 2.73. The Morgan fingerprint density at radius 1 is 1.41 bits per heavy atom. The summed E-state index contributed by atoms with van der Waals surface area (Å²) in [5.74, 6) is 0.694. The van der Waals surface area contributed by atoms with Crippen LogP contribution in [0.4, 0.5) is 0 Å². The van der Waals surface area contributed by atoms with Crippen LogP contribution in [0.25, 0.3) is 0 Å². The Labute approximate surface area is 109 Å². The van der Waals surface area contributed by atoms with E-state index in [-0.39, 0.29) is 0 Å². The average molecular weight is 255 g/mol. The molecule has 1 heterocycles. The standard InChI is InChI=1S/C13H25N3S/c1-11(2)7-14-8-13-9-16(10-15-13)6-5-12(3)17-4/h9-12,14H,5-8H2,1-4H3. The van der Waals surface area contributed by atoms with Crippen LogP contribution in [0.5, 0.6) is 0 Å². The van der Waals surface area contributed by atoms with Gasteiger partial charge in [-0.1, -0.05) is 20.8 Å². The zero-order valence-corrected chi connectivity index (χ0v) is 12.3. The third-order valence-electron chi connectivity index (χ3n) is 2.74. The Morgan fingerprint density at radius 3 is 2.82 bits per heavy atom. The van der Waals surface area contributed by atoms with Crippen LogP contribution in [-0.4, -0.2) is 27.6 Å². The van der Waals surface area contributed by atoms with E-state index in [1.807, 2.05) is 18.1 Å². The van der Waals surface area contributed by atoms with E-state index >= 15 is 0 Å². The van der Waals surface area contributed by atoms with Crippen molar-refractivity contribution >= 4 is 11.8 Å². The van der Waals surface area contributed by atoms with E-state index in [0.29, 0.717) is 5.92 Å². The highest BCUT2D eigenvalue weighted by Gasteiger charge is 2.02. The summed E-state index contributed by atoms with van der Waals surface area (Å²) in [5, 5.41) is 4.13. The maximum atomic E-state index is 4.41. The quantitative estimate of drug-likeness (QED) is 0.774. The first-order valence-electron chi connectivity index (χ1n) is 6.36. The Balaban J connectivity index is 2.27. The Bertz CT molecular complexity index is 309. The van der Waals surface area contributed by atoms with Crippen LogP contribution in [0.15, 0.2) is 12.5 Å². The van der Waals surface area contributed by atoms with Gasteiger partial charge in [-0.15, -0.1) is 0 Å². The molecule has 0 saturated heterocycles. The van der Waals surface area contributed by atoms with Crippen LogP contribution in [0.3, 0.4) is 0 Å². The van der Waals surface area contributed by atoms with Gasteiger partial charge in [-0.2, -0.15) is 11.8 Å². The molecule has 1 atom stereocenters. The predicted octanol–water partition coefficient (Wildman–Crippen LogP) is 2.77. The molecule has 17 heavy (non-hydrogen) atoms. The van der Waals surface area contributed by atoms with Gasteiger partial charge in [0.25, 0.3) is 0 Å². The summed E-state index contributed by atoms with van der Waals surface area (Å²) in [6, 6.07) is 0. The van der Waals surface area contributed by atoms with Crippen LogP contribution in [0, 0.1) is 5.92 Å². The van der Waals surface area contributed by atoms with Gasteiger partial charge in [-0.3, -0.25) is 0 Å². The van der Waals surface area contributed by atoms with Gasteiger partial charge in [0.05, 0.1) is 12.0 Å². The van der Waals surface area contributed by atoms with Gasteiger partial charge in [-0.25, -0.2) is 4.98 Å². The van der Waals surface area contributed by atoms with Crippen molar-refractivity contribution in [1.29, 1.82) is 0 Å². The molecule has 4 heteroatoms. The van der Waals surface area contributed by atoms with Crippen molar-refractivity contribution in [1.82, 2.24) is 14.9 Å². The van der Waals surface area contributed by atoms with Gasteiger partial charge >= 0.3 is 0 Å². The summed E-state index contributed by atoms with van der Waals surface area (Å²) in [4.78, 5) is 4.41. The zero-order chi connectivity index (χ0) is 12.7. The van der Waals surface area contributed by atoms with E-state index in [1.54, 1.807) is 0 Å². The van der Waals surface area contributed by atoms with Crippen LogP contribution < -0.4 is 5.32 Å². The highest BCUT2D eigenvalue weighted by molar-refractivity contribution is 7.99. The molecule has 0 fully saturated rings. The molecular formula is C13H25N3S. The van der Waals surface area contributed by atoms with Crippen molar-refractivity contribution < 1.29 is 0 Å². The molecule has 3 nitrogen and oxygen atoms in total. The molecule has 98 valence electrons. The van der Waals surface area contributed by atoms with Crippen molar-refractivity contribution in [2.45, 2.75) is 45.5 Å². The Kier molecular flexibility index (Phi) is 6.66. The van der Waals surface area contributed by atoms with Crippen molar-refractivity contribution in [2.75, 3.05) is 12.8 Å². The van der Waals surface area contributed by atoms with Crippen LogP contribution in [0.1, 0.15) is 32.9 Å². The fraction of sp³-hybridized carbons (Fsp3) is 0.769. The maximum absolute atomic E-state index is 4.41. The number of imidazole rings is 1. The summed E-state index contributed by atoms with van der Waals surface area (Å²) in [7, 11) is 0. The highest BCUT2D eigenvalue weighted by atomic mass is 32.2. The van der Waals surface area contributed by atoms with Gasteiger partial charge in [0.1, 0.15) is 0 Å². The third kappa shape index (κ3) is 6.13. The summed E-state index contributed by atoms with van der Waals surface area (Å²) in [6.07, 6.45) is 7.47. The van der Waals surface area contributed by atoms with Crippen molar-refractivity contribution in [2.24, 2.45) is 5.92 Å². The van der Waals surface area contributed by atoms with Gasteiger partial charge in [-0.05, 0) is 25.1 Å². The lowest BCUT2D eigenvalue weighted by Gasteiger charge is -2.07. The van der Waals surface area contributed by atoms with Crippen LogP contribution in [0.2, 0.25) is 0 Å². The van der Waals surface area contributed by atoms with Gasteiger partial charge in [0.2, 0.25) is 0 Å². The van der Waals surface area contributed by atoms with E-state index < -0.39 is 0 Å². The molecule has 0 aliphatic carbocycles. The lowest BCUT2D eigenvalue weighted by molar-refractivity contribution is 0.548. The molecular weight excluding hydrogens is 230 g/mol. The van der Waals surface area contributed by atoms with E-state index in [1.165, 1.54) is 6.42 Å². The predicted molar refractivity (Wildman–Crippen MR) is 76.4 cm³/mol. The van der Waals surface area contributed by atoms with E-state index in [0.717, 1.165) is 30.6 Å². The summed E-state index contributed by atoms with van der Waals surface area (Å²) < 4.78 is 2.19. The molecule has 0 spiro atoms. The number of aromatic nitrogens is 2. The molecule has 0 bridgehead atoms. The van der Waals surface area contributed by atoms with Crippen molar-refractivity contribution in [3.63, 3.8) is 0 Å². The second-order valence-corrected chi connectivity index (χ2v) is 6.24. The molecule has 1 aromatic heterocycles. The molecule has 1 rings (SSSR count). The number of aryl methyl sites for hydroxylation is 1. The first-order chi connectivity index (χ1) is 8.11. The van der Waals surface area contributed by atoms with E-state index in [2.05, 4.69) is 48.1 Å². The number of nitrogens with one attached hydrogen (secondary N) is 1. The Morgan fingerprint density at radius 2 is 2.18 bits per heavy atom. The summed E-state index contributed by atoms with van der Waals surface area (Å²) in [5.41, 5.74) is 1.14. The minimum atomic E-state index is 0.694. The SMILES string of the molecule is CSC(C)CCn1cnc(CNCC(C)C)c1. The third-order valence-corrected chi connectivity index (χ3v) is 3.78. The fourth-order valence-electron chi connectivity index (χ4n) is 1.56. The smallest absolute Gasteiger partial charge is 0.0949 e. The maximum Gasteiger partial charge on any atom is 0.0949 e. The van der Waals surface area contributed by atoms with E-state index in [9.17, 15) is 0 Å². The second kappa shape index (κ2) is 7.77. The van der Waals surface area contributed by atoms with Crippen molar-refractivity contribution in [3.8, 4) is 0 Å². The number of thioether (sulfide) groups is 1. The molecule has 0 aliphatic rings. The molecule has 0 aromatic carbocycles. The molecule has 0 amide bonds. The fourth-order valence-corrected chi connectivity index (χ4v) is 1.90. The molecule has 1 aromatic rings. The monoisotopic (exact) mass is 255 g/mol. The lowest BCUT2D eigenvalue weighted by Crippen LogP contribution is -2.19. The molecule has 0 aliphatic heterocycles. The number of hydrogen-bond donors (Lipinski definition) is 1. The second-order valence-electron chi connectivity index (χ2n) is 4.96. The zero-order valence-electron chi connectivity index (χ0n) is 11.4. The van der Waals surface area contributed by atoms with Gasteiger partial charge < -0.3 is 9.88 Å². The molecule has 1 N–H and O–H groups in total. The molecule has 0 saturated carbocycles. The van der Waals surface area contributed by atoms with Gasteiger partial charge in [0.15, 0.2) is 0 Å². The minimum Gasteiger partial charge on any atom is -0.337 e. The van der Waals surface area contributed by atoms with Crippen LogP contribution in [-0.2, 0) is 13.1 Å². The Hall–Kier alpha value is -0.480. The molecule has 1 unspecified atom stereocenters. The summed E-state index contributed by atoms with van der Waals surface area (Å²) >= 11 is 1.92. The highest BCUT2D eigenvalue weighted by Crippen LogP contribution is 2.10. The van der Waals surface area contributed by atoms with Crippen molar-refractivity contribution in [3.05, 3.63) is 18.2 Å².